The van der Waals surface area contributed by atoms with Crippen molar-refractivity contribution in [1.29, 1.82) is 0 Å². The number of nitro groups is 1. The van der Waals surface area contributed by atoms with Crippen LogP contribution in [-0.2, 0) is 19.1 Å². The van der Waals surface area contributed by atoms with Crippen LogP contribution in [0, 0.1) is 27.9 Å². The first-order valence-electron chi connectivity index (χ1n) is 22.9. The van der Waals surface area contributed by atoms with Gasteiger partial charge in [0.1, 0.15) is 28.9 Å². The third kappa shape index (κ3) is 12.3. The fraction of sp³-hybridized carbons (Fsp3) is 0.490. The number of nitro benzene ring substituents is 1. The summed E-state index contributed by atoms with van der Waals surface area (Å²) in [6, 6.07) is 18.9. The van der Waals surface area contributed by atoms with Gasteiger partial charge < -0.3 is 44.0 Å². The Hall–Kier alpha value is -5.03. The second-order valence-corrected chi connectivity index (χ2v) is 18.7. The molecule has 356 valence electrons. The number of rotatable bonds is 24. The maximum absolute atomic E-state index is 14.9. The van der Waals surface area contributed by atoms with Gasteiger partial charge >= 0.3 is 0 Å². The van der Waals surface area contributed by atoms with Crippen LogP contribution in [0.15, 0.2) is 107 Å². The van der Waals surface area contributed by atoms with Crippen LogP contribution in [0.1, 0.15) is 82.8 Å². The van der Waals surface area contributed by atoms with E-state index in [4.69, 9.17) is 28.9 Å². The molecule has 0 spiro atoms. The minimum Gasteiger partial charge on any atom is -0.459 e. The van der Waals surface area contributed by atoms with Gasteiger partial charge in [0.15, 0.2) is 0 Å². The van der Waals surface area contributed by atoms with Crippen molar-refractivity contribution in [3.63, 3.8) is 0 Å². The molecule has 1 amide bonds. The summed E-state index contributed by atoms with van der Waals surface area (Å²) in [6.45, 7) is 10.1. The molecule has 14 nitrogen and oxygen atoms in total. The molecule has 6 unspecified atom stereocenters. The number of aliphatic hydroxyl groups is 3. The molecule has 3 aromatic carbocycles. The van der Waals surface area contributed by atoms with Crippen molar-refractivity contribution < 1.29 is 48.8 Å². The second-order valence-electron chi connectivity index (χ2n) is 17.8. The molecule has 2 aliphatic carbocycles. The summed E-state index contributed by atoms with van der Waals surface area (Å²) in [4.78, 5) is 34.9. The predicted molar refractivity (Wildman–Crippen MR) is 256 cm³/mol. The Morgan fingerprint density at radius 2 is 1.70 bits per heavy atom. The summed E-state index contributed by atoms with van der Waals surface area (Å²) in [6.07, 6.45) is 13.6. The van der Waals surface area contributed by atoms with Crippen molar-refractivity contribution >= 4 is 35.1 Å². The predicted octanol–water partition coefficient (Wildman–Crippen LogP) is 9.09. The summed E-state index contributed by atoms with van der Waals surface area (Å²) < 4.78 is 26.8. The Labute approximate surface area is 392 Å². The molecule has 66 heavy (non-hydrogen) atoms. The van der Waals surface area contributed by atoms with Gasteiger partial charge in [-0.2, -0.15) is 0 Å². The second kappa shape index (κ2) is 23.6. The molecule has 6 atom stereocenters. The molecular formula is C51H65N3O11S. The van der Waals surface area contributed by atoms with E-state index in [1.54, 1.807) is 40.9 Å². The average molecular weight is 928 g/mol. The maximum atomic E-state index is 14.9. The van der Waals surface area contributed by atoms with Crippen LogP contribution >= 0.6 is 11.8 Å². The van der Waals surface area contributed by atoms with Crippen LogP contribution < -0.4 is 9.47 Å². The first-order valence-corrected chi connectivity index (χ1v) is 24.1. The van der Waals surface area contributed by atoms with E-state index in [0.29, 0.717) is 41.4 Å². The summed E-state index contributed by atoms with van der Waals surface area (Å²) in [5.41, 5.74) is 2.32. The first kappa shape index (κ1) is 50.4. The Balaban J connectivity index is 1.58. The number of allylic oxidation sites excluding steroid dienone is 1. The minimum absolute atomic E-state index is 0.00271. The van der Waals surface area contributed by atoms with Crippen LogP contribution in [-0.4, -0.2) is 107 Å². The Bertz CT molecular complexity index is 2190. The lowest BCUT2D eigenvalue weighted by Gasteiger charge is -2.60. The SMILES string of the molecule is C=CCOC12Oc3ccc(Oc4ccc(SC)cc4)cc3C3C(CCCCO)C(CCCCO)C=C(C(=NOC(C)(C)C)CC1N(CCOCCO)C(=O)C=Cc1ccc([N+](=O)[O-])cc1)C32. The van der Waals surface area contributed by atoms with Gasteiger partial charge in [0.05, 0.1) is 43.0 Å². The number of carbonyl (C=O) groups is 1. The lowest BCUT2D eigenvalue weighted by molar-refractivity contribution is -0.384. The molecule has 0 bridgehead atoms. The third-order valence-electron chi connectivity index (χ3n) is 12.3. The third-order valence-corrected chi connectivity index (χ3v) is 13.0. The van der Waals surface area contributed by atoms with Crippen molar-refractivity contribution in [3.05, 3.63) is 118 Å². The van der Waals surface area contributed by atoms with Crippen molar-refractivity contribution in [1.82, 2.24) is 4.90 Å². The molecule has 1 fully saturated rings. The summed E-state index contributed by atoms with van der Waals surface area (Å²) in [5, 5.41) is 45.9. The number of nitrogens with zero attached hydrogens (tertiary/aromatic N) is 3. The summed E-state index contributed by atoms with van der Waals surface area (Å²) >= 11 is 1.65. The molecule has 3 aliphatic rings. The number of carbonyl (C=O) groups excluding carboxylic acids is 1. The average Bonchev–Trinajstić information content (AvgIpc) is 3.31. The molecule has 1 heterocycles. The van der Waals surface area contributed by atoms with Gasteiger partial charge in [-0.1, -0.05) is 30.1 Å². The number of aliphatic hydroxyl groups excluding tert-OH is 3. The largest absolute Gasteiger partial charge is 0.459 e. The number of unbranched alkanes of at least 4 members (excludes halogenated alkanes) is 2. The van der Waals surface area contributed by atoms with E-state index in [9.17, 15) is 30.2 Å². The summed E-state index contributed by atoms with van der Waals surface area (Å²) in [5.74, 6) is -0.826. The number of benzene rings is 3. The monoisotopic (exact) mass is 927 g/mol. The normalized spacial score (nSPS) is 22.8. The van der Waals surface area contributed by atoms with Gasteiger partial charge in [-0.3, -0.25) is 14.9 Å². The zero-order valence-corrected chi connectivity index (χ0v) is 39.3. The van der Waals surface area contributed by atoms with Gasteiger partial charge in [-0.15, -0.1) is 18.3 Å². The number of hydrogen-bond acceptors (Lipinski definition) is 13. The van der Waals surface area contributed by atoms with E-state index in [2.05, 4.69) is 18.7 Å². The molecule has 0 radical (unpaired) electrons. The number of oxime groups is 1. The Morgan fingerprint density at radius 3 is 2.35 bits per heavy atom. The van der Waals surface area contributed by atoms with Crippen LogP contribution in [0.2, 0.25) is 0 Å². The van der Waals surface area contributed by atoms with E-state index in [1.807, 2.05) is 63.4 Å². The van der Waals surface area contributed by atoms with E-state index in [1.165, 1.54) is 18.2 Å². The molecule has 1 saturated carbocycles. The topological polar surface area (TPSA) is 183 Å². The quantitative estimate of drug-likeness (QED) is 0.0194. The smallest absolute Gasteiger partial charge is 0.269 e. The highest BCUT2D eigenvalue weighted by Crippen LogP contribution is 2.62. The zero-order chi connectivity index (χ0) is 47.3. The highest BCUT2D eigenvalue weighted by atomic mass is 32.2. The molecule has 0 saturated heterocycles. The molecule has 6 rings (SSSR count). The highest BCUT2D eigenvalue weighted by Gasteiger charge is 2.65. The first-order chi connectivity index (χ1) is 31.9. The van der Waals surface area contributed by atoms with Crippen LogP contribution in [0.25, 0.3) is 6.08 Å². The van der Waals surface area contributed by atoms with Crippen molar-refractivity contribution in [3.8, 4) is 17.2 Å². The van der Waals surface area contributed by atoms with E-state index in [0.717, 1.165) is 41.7 Å². The minimum atomic E-state index is -1.52. The maximum Gasteiger partial charge on any atom is 0.269 e. The van der Waals surface area contributed by atoms with Crippen LogP contribution in [0.5, 0.6) is 17.2 Å². The highest BCUT2D eigenvalue weighted by molar-refractivity contribution is 7.98. The Kier molecular flexibility index (Phi) is 18.0. The van der Waals surface area contributed by atoms with Crippen LogP contribution in [0.4, 0.5) is 5.69 Å². The molecule has 3 aromatic rings. The van der Waals surface area contributed by atoms with Crippen molar-refractivity contribution in [2.45, 2.75) is 94.0 Å². The van der Waals surface area contributed by atoms with Crippen molar-refractivity contribution in [2.24, 2.45) is 22.9 Å². The van der Waals surface area contributed by atoms with E-state index < -0.39 is 34.2 Å². The standard InChI is InChI=1S/C51H65N3O11S/c1-6-29-62-51-46(53(25-30-61-31-28-57)47(58)24-15-35-13-16-37(17-14-35)54(59)60)34-44(52-65-50(2,3)4)42-32-36(11-7-9-26-55)41(12-8-10-27-56)48(49(42)51)43-33-39(20-23-45(43)64-51)63-38-18-21-40(66-5)22-19-38/h6,13-24,32-33,36,41,46,48-49,55-57H,1,7-12,25-31,34H2,2-5H3. The van der Waals surface area contributed by atoms with Gasteiger partial charge in [-0.05, 0) is 136 Å². The fourth-order valence-electron chi connectivity index (χ4n) is 9.40. The Morgan fingerprint density at radius 1 is 0.985 bits per heavy atom. The molecule has 15 heteroatoms. The number of thioether (sulfide) groups is 1. The number of ether oxygens (including phenoxy) is 4. The molecule has 3 N–H and O–H groups in total. The van der Waals surface area contributed by atoms with E-state index >= 15 is 0 Å². The van der Waals surface area contributed by atoms with Crippen LogP contribution in [0.3, 0.4) is 0 Å². The van der Waals surface area contributed by atoms with Gasteiger partial charge in [0.2, 0.25) is 11.7 Å². The fourth-order valence-corrected chi connectivity index (χ4v) is 9.81. The van der Waals surface area contributed by atoms with Gasteiger partial charge in [0.25, 0.3) is 5.69 Å². The number of amides is 1. The van der Waals surface area contributed by atoms with Gasteiger partial charge in [0, 0.05) is 60.8 Å². The number of non-ortho nitro benzene ring substituents is 1. The van der Waals surface area contributed by atoms with Crippen molar-refractivity contribution in [2.75, 3.05) is 52.4 Å². The number of hydrogen-bond donors (Lipinski definition) is 3. The lowest BCUT2D eigenvalue weighted by atomic mass is 9.55. The number of fused-ring (bicyclic) bond motifs is 2. The molecular weight excluding hydrogens is 863 g/mol. The molecule has 0 aromatic heterocycles. The lowest BCUT2D eigenvalue weighted by Crippen LogP contribution is -2.70. The van der Waals surface area contributed by atoms with E-state index in [-0.39, 0.29) is 76.0 Å². The zero-order valence-electron chi connectivity index (χ0n) is 38.5. The summed E-state index contributed by atoms with van der Waals surface area (Å²) in [7, 11) is 0. The van der Waals surface area contributed by atoms with Gasteiger partial charge in [-0.25, -0.2) is 0 Å². The molecule has 1 aliphatic heterocycles.